The van der Waals surface area contributed by atoms with E-state index in [-0.39, 0.29) is 17.9 Å². The third-order valence-electron chi connectivity index (χ3n) is 3.55. The third-order valence-corrected chi connectivity index (χ3v) is 4.04. The minimum absolute atomic E-state index is 0.0873. The van der Waals surface area contributed by atoms with Gasteiger partial charge in [0.25, 0.3) is 5.91 Å². The molecule has 5 heteroatoms. The first kappa shape index (κ1) is 19.9. The van der Waals surface area contributed by atoms with Crippen molar-refractivity contribution in [3.05, 3.63) is 70.2 Å². The lowest BCUT2D eigenvalue weighted by Gasteiger charge is -2.23. The summed E-state index contributed by atoms with van der Waals surface area (Å²) in [7, 11) is 0. The number of nitrogens with one attached hydrogen (secondary N) is 1. The van der Waals surface area contributed by atoms with Crippen LogP contribution in [0.4, 0.5) is 0 Å². The minimum atomic E-state index is -0.308. The van der Waals surface area contributed by atoms with E-state index >= 15 is 0 Å². The lowest BCUT2D eigenvalue weighted by molar-refractivity contribution is -0.123. The van der Waals surface area contributed by atoms with E-state index in [1.54, 1.807) is 6.08 Å². The Hall–Kier alpha value is -2.40. The fraction of sp³-hybridized carbons (Fsp3) is 0.238. The number of hydrogen-bond donors (Lipinski definition) is 1. The van der Waals surface area contributed by atoms with Gasteiger partial charge in [0, 0.05) is 16.3 Å². The molecule has 26 heavy (non-hydrogen) atoms. The summed E-state index contributed by atoms with van der Waals surface area (Å²) in [6.07, 6.45) is 5.21. The molecule has 2 rings (SSSR count). The van der Waals surface area contributed by atoms with Gasteiger partial charge in [-0.3, -0.25) is 4.79 Å². The van der Waals surface area contributed by atoms with Crippen molar-refractivity contribution in [2.75, 3.05) is 6.61 Å². The minimum Gasteiger partial charge on any atom is -0.483 e. The number of hydrogen-bond acceptors (Lipinski definition) is 3. The zero-order valence-corrected chi connectivity index (χ0v) is 16.8. The molecule has 0 bridgehead atoms. The Kier molecular flexibility index (Phi) is 7.16. The number of benzene rings is 2. The maximum Gasteiger partial charge on any atom is 0.277 e. The van der Waals surface area contributed by atoms with Crippen LogP contribution >= 0.6 is 15.9 Å². The second-order valence-corrected chi connectivity index (χ2v) is 7.68. The molecule has 0 aliphatic carbocycles. The Bertz CT molecular complexity index is 793. The van der Waals surface area contributed by atoms with Crippen molar-refractivity contribution in [2.24, 2.45) is 5.10 Å². The lowest BCUT2D eigenvalue weighted by atomic mass is 9.86. The number of rotatable bonds is 6. The summed E-state index contributed by atoms with van der Waals surface area (Å²) in [5.41, 5.74) is 4.47. The molecule has 0 spiro atoms. The molecule has 0 radical (unpaired) electrons. The van der Waals surface area contributed by atoms with E-state index in [1.165, 1.54) is 6.21 Å². The molecule has 0 saturated heterocycles. The van der Waals surface area contributed by atoms with Gasteiger partial charge >= 0.3 is 0 Å². The summed E-state index contributed by atoms with van der Waals surface area (Å²) >= 11 is 3.47. The van der Waals surface area contributed by atoms with Gasteiger partial charge in [-0.2, -0.15) is 5.10 Å². The van der Waals surface area contributed by atoms with Gasteiger partial charge in [0.1, 0.15) is 5.75 Å². The summed E-state index contributed by atoms with van der Waals surface area (Å²) in [5, 5.41) is 3.89. The smallest absolute Gasteiger partial charge is 0.277 e. The number of ether oxygens (including phenoxy) is 1. The van der Waals surface area contributed by atoms with Crippen LogP contribution in [0, 0.1) is 0 Å². The van der Waals surface area contributed by atoms with E-state index in [1.807, 2.05) is 54.6 Å². The molecule has 0 saturated carbocycles. The van der Waals surface area contributed by atoms with Crippen molar-refractivity contribution < 1.29 is 9.53 Å². The number of nitrogens with zero attached hydrogens (tertiary/aromatic N) is 1. The highest BCUT2D eigenvalue weighted by Crippen LogP contribution is 2.33. The third kappa shape index (κ3) is 6.48. The first-order valence-electron chi connectivity index (χ1n) is 8.33. The number of carbonyl (C=O) groups is 1. The number of hydrazone groups is 1. The molecule has 0 unspecified atom stereocenters. The summed E-state index contributed by atoms with van der Waals surface area (Å²) < 4.78 is 6.66. The van der Waals surface area contributed by atoms with Crippen LogP contribution in [0.5, 0.6) is 5.75 Å². The van der Waals surface area contributed by atoms with E-state index in [2.05, 4.69) is 47.2 Å². The van der Waals surface area contributed by atoms with Crippen LogP contribution in [-0.2, 0) is 10.2 Å². The summed E-state index contributed by atoms with van der Waals surface area (Å²) in [6, 6.07) is 15.6. The number of halogens is 1. The van der Waals surface area contributed by atoms with E-state index in [9.17, 15) is 4.79 Å². The van der Waals surface area contributed by atoms with Gasteiger partial charge in [-0.25, -0.2) is 5.43 Å². The SMILES string of the molecule is CC(C)(C)c1cc(Br)ccc1OCC(=O)N/N=C/C=C/c1ccccc1. The Labute approximate surface area is 163 Å². The van der Waals surface area contributed by atoms with Crippen LogP contribution in [0.3, 0.4) is 0 Å². The maximum absolute atomic E-state index is 11.9. The molecule has 1 amide bonds. The molecule has 0 aliphatic heterocycles. The molecule has 0 fully saturated rings. The fourth-order valence-corrected chi connectivity index (χ4v) is 2.62. The summed E-state index contributed by atoms with van der Waals surface area (Å²) in [5.74, 6) is 0.390. The van der Waals surface area contributed by atoms with Crippen LogP contribution in [0.2, 0.25) is 0 Å². The van der Waals surface area contributed by atoms with E-state index < -0.39 is 0 Å². The van der Waals surface area contributed by atoms with Gasteiger partial charge < -0.3 is 4.74 Å². The van der Waals surface area contributed by atoms with E-state index in [4.69, 9.17) is 4.74 Å². The van der Waals surface area contributed by atoms with Crippen molar-refractivity contribution >= 4 is 34.1 Å². The molecular formula is C21H23BrN2O2. The monoisotopic (exact) mass is 414 g/mol. The van der Waals surface area contributed by atoms with E-state index in [0.29, 0.717) is 5.75 Å². The molecule has 0 aliphatic rings. The molecule has 2 aromatic carbocycles. The molecule has 136 valence electrons. The molecule has 0 aromatic heterocycles. The number of carbonyl (C=O) groups excluding carboxylic acids is 1. The van der Waals surface area contributed by atoms with E-state index in [0.717, 1.165) is 15.6 Å². The van der Waals surface area contributed by atoms with Gasteiger partial charge in [0.2, 0.25) is 0 Å². The molecule has 0 atom stereocenters. The van der Waals surface area contributed by atoms with Crippen molar-refractivity contribution in [1.82, 2.24) is 5.43 Å². The highest BCUT2D eigenvalue weighted by atomic mass is 79.9. The van der Waals surface area contributed by atoms with Crippen molar-refractivity contribution in [3.8, 4) is 5.75 Å². The van der Waals surface area contributed by atoms with Gasteiger partial charge in [-0.05, 0) is 35.3 Å². The second kappa shape index (κ2) is 9.34. The van der Waals surface area contributed by atoms with Gasteiger partial charge in [-0.1, -0.05) is 73.1 Å². The summed E-state index contributed by atoms with van der Waals surface area (Å²) in [4.78, 5) is 11.9. The molecule has 4 nitrogen and oxygen atoms in total. The van der Waals surface area contributed by atoms with Crippen LogP contribution in [0.1, 0.15) is 31.9 Å². The van der Waals surface area contributed by atoms with Crippen molar-refractivity contribution in [3.63, 3.8) is 0 Å². The van der Waals surface area contributed by atoms with Crippen molar-refractivity contribution in [1.29, 1.82) is 0 Å². The average molecular weight is 415 g/mol. The fourth-order valence-electron chi connectivity index (χ4n) is 2.26. The van der Waals surface area contributed by atoms with Crippen molar-refractivity contribution in [2.45, 2.75) is 26.2 Å². The normalized spacial score (nSPS) is 11.8. The number of amides is 1. The van der Waals surface area contributed by atoms with Crippen LogP contribution < -0.4 is 10.2 Å². The zero-order valence-electron chi connectivity index (χ0n) is 15.2. The standard InChI is InChI=1S/C21H23BrN2O2/c1-21(2,3)18-14-17(22)11-12-19(18)26-15-20(25)24-23-13-7-10-16-8-5-4-6-9-16/h4-14H,15H2,1-3H3,(H,24,25)/b10-7+,23-13+. The lowest BCUT2D eigenvalue weighted by Crippen LogP contribution is -2.25. The Balaban J connectivity index is 1.86. The molecule has 1 N–H and O–H groups in total. The van der Waals surface area contributed by atoms with Crippen LogP contribution in [0.25, 0.3) is 6.08 Å². The highest BCUT2D eigenvalue weighted by molar-refractivity contribution is 9.10. The highest BCUT2D eigenvalue weighted by Gasteiger charge is 2.19. The average Bonchev–Trinajstić information content (AvgIpc) is 2.60. The second-order valence-electron chi connectivity index (χ2n) is 6.76. The van der Waals surface area contributed by atoms with Crippen LogP contribution in [-0.4, -0.2) is 18.7 Å². The Morgan fingerprint density at radius 1 is 1.19 bits per heavy atom. The quantitative estimate of drug-likeness (QED) is 0.537. The molecule has 2 aromatic rings. The van der Waals surface area contributed by atoms with Gasteiger partial charge in [0.15, 0.2) is 6.61 Å². The number of allylic oxidation sites excluding steroid dienone is 1. The first-order valence-corrected chi connectivity index (χ1v) is 9.12. The maximum atomic E-state index is 11.9. The topological polar surface area (TPSA) is 50.7 Å². The Morgan fingerprint density at radius 2 is 1.92 bits per heavy atom. The zero-order chi connectivity index (χ0) is 19.0. The van der Waals surface area contributed by atoms with Crippen LogP contribution in [0.15, 0.2) is 64.2 Å². The largest absolute Gasteiger partial charge is 0.483 e. The predicted molar refractivity (Wildman–Crippen MR) is 110 cm³/mol. The molecular weight excluding hydrogens is 392 g/mol. The summed E-state index contributed by atoms with van der Waals surface area (Å²) in [6.45, 7) is 6.21. The molecule has 0 heterocycles. The first-order chi connectivity index (χ1) is 12.4. The van der Waals surface area contributed by atoms with Gasteiger partial charge in [-0.15, -0.1) is 0 Å². The van der Waals surface area contributed by atoms with Gasteiger partial charge in [0.05, 0.1) is 0 Å². The Morgan fingerprint density at radius 3 is 2.62 bits per heavy atom. The predicted octanol–water partition coefficient (Wildman–Crippen LogP) is 4.94.